The third-order valence-corrected chi connectivity index (χ3v) is 5.85. The first-order valence-electron chi connectivity index (χ1n) is 7.25. The molecule has 0 radical (unpaired) electrons. The zero-order chi connectivity index (χ0) is 13.0. The van der Waals surface area contributed by atoms with Gasteiger partial charge < -0.3 is 10.1 Å². The van der Waals surface area contributed by atoms with Crippen molar-refractivity contribution in [2.75, 3.05) is 45.6 Å². The van der Waals surface area contributed by atoms with Gasteiger partial charge in [0.1, 0.15) is 0 Å². The van der Waals surface area contributed by atoms with E-state index < -0.39 is 0 Å². The summed E-state index contributed by atoms with van der Waals surface area (Å²) in [4.78, 5) is 2.69. The van der Waals surface area contributed by atoms with Crippen LogP contribution in [-0.2, 0) is 4.74 Å². The predicted octanol–water partition coefficient (Wildman–Crippen LogP) is 1.83. The van der Waals surface area contributed by atoms with Gasteiger partial charge in [0.25, 0.3) is 0 Å². The second-order valence-corrected chi connectivity index (χ2v) is 7.46. The summed E-state index contributed by atoms with van der Waals surface area (Å²) < 4.78 is 5.77. The molecule has 0 bridgehead atoms. The summed E-state index contributed by atoms with van der Waals surface area (Å²) in [6.45, 7) is 10.1. The number of rotatable bonds is 4. The van der Waals surface area contributed by atoms with Gasteiger partial charge >= 0.3 is 0 Å². The number of thioether (sulfide) groups is 1. The third-order valence-electron chi connectivity index (χ3n) is 4.51. The first-order chi connectivity index (χ1) is 8.67. The Labute approximate surface area is 116 Å². The maximum Gasteiger partial charge on any atom is 0.0546 e. The maximum absolute atomic E-state index is 5.77. The minimum atomic E-state index is 0.336. The smallest absolute Gasteiger partial charge is 0.0546 e. The fourth-order valence-electron chi connectivity index (χ4n) is 3.25. The molecule has 3 unspecified atom stereocenters. The van der Waals surface area contributed by atoms with E-state index in [-0.39, 0.29) is 0 Å². The number of nitrogens with one attached hydrogen (secondary N) is 1. The van der Waals surface area contributed by atoms with Crippen molar-refractivity contribution in [2.24, 2.45) is 5.41 Å². The van der Waals surface area contributed by atoms with Crippen LogP contribution in [0.3, 0.4) is 0 Å². The van der Waals surface area contributed by atoms with Crippen molar-refractivity contribution in [1.29, 1.82) is 0 Å². The highest BCUT2D eigenvalue weighted by Gasteiger charge is 2.37. The highest BCUT2D eigenvalue weighted by atomic mass is 32.2. The Balaban J connectivity index is 1.99. The first kappa shape index (κ1) is 14.6. The Morgan fingerprint density at radius 1 is 1.44 bits per heavy atom. The van der Waals surface area contributed by atoms with Crippen molar-refractivity contribution in [3.63, 3.8) is 0 Å². The monoisotopic (exact) mass is 272 g/mol. The Morgan fingerprint density at radius 3 is 2.94 bits per heavy atom. The Morgan fingerprint density at radius 2 is 2.28 bits per heavy atom. The molecule has 0 saturated carbocycles. The molecule has 4 heteroatoms. The van der Waals surface area contributed by atoms with Crippen LogP contribution in [0.15, 0.2) is 0 Å². The zero-order valence-electron chi connectivity index (χ0n) is 12.1. The average Bonchev–Trinajstić information content (AvgIpc) is 2.36. The van der Waals surface area contributed by atoms with Crippen LogP contribution < -0.4 is 5.32 Å². The lowest BCUT2D eigenvalue weighted by Crippen LogP contribution is -2.54. The van der Waals surface area contributed by atoms with E-state index in [1.807, 2.05) is 0 Å². The minimum absolute atomic E-state index is 0.336. The molecule has 0 aromatic rings. The van der Waals surface area contributed by atoms with Crippen molar-refractivity contribution < 1.29 is 4.74 Å². The Hall–Kier alpha value is 0.230. The molecule has 2 heterocycles. The molecular formula is C14H28N2OS. The lowest BCUT2D eigenvalue weighted by atomic mass is 9.81. The molecule has 2 fully saturated rings. The molecule has 3 atom stereocenters. The van der Waals surface area contributed by atoms with Gasteiger partial charge in [-0.15, -0.1) is 0 Å². The molecule has 2 saturated heterocycles. The van der Waals surface area contributed by atoms with Gasteiger partial charge in [0.2, 0.25) is 0 Å². The second kappa shape index (κ2) is 6.60. The van der Waals surface area contributed by atoms with E-state index >= 15 is 0 Å². The largest absolute Gasteiger partial charge is 0.381 e. The van der Waals surface area contributed by atoms with Crippen molar-refractivity contribution in [2.45, 2.75) is 38.0 Å². The molecule has 0 aliphatic carbocycles. The molecule has 0 spiro atoms. The molecule has 1 N–H and O–H groups in total. The van der Waals surface area contributed by atoms with E-state index in [1.165, 1.54) is 31.7 Å². The number of hydrogen-bond acceptors (Lipinski definition) is 4. The quantitative estimate of drug-likeness (QED) is 0.844. The Bertz CT molecular complexity index is 251. The number of ether oxygens (including phenoxy) is 1. The van der Waals surface area contributed by atoms with Gasteiger partial charge in [0.15, 0.2) is 0 Å². The molecule has 0 aromatic carbocycles. The number of nitrogens with zero attached hydrogens (tertiary/aromatic N) is 1. The van der Waals surface area contributed by atoms with Crippen molar-refractivity contribution >= 4 is 11.8 Å². The predicted molar refractivity (Wildman–Crippen MR) is 79.4 cm³/mol. The van der Waals surface area contributed by atoms with Crippen LogP contribution in [0, 0.1) is 5.41 Å². The van der Waals surface area contributed by atoms with Gasteiger partial charge in [-0.2, -0.15) is 11.8 Å². The maximum atomic E-state index is 5.77. The van der Waals surface area contributed by atoms with Gasteiger partial charge in [0, 0.05) is 48.7 Å². The standard InChI is InChI=1S/C14H28N2OS/c1-12-13(2)18-8-6-16(12)10-14(9-15-3)5-4-7-17-11-14/h12-13,15H,4-11H2,1-3H3. The normalized spacial score (nSPS) is 38.8. The molecule has 2 rings (SSSR count). The highest BCUT2D eigenvalue weighted by molar-refractivity contribution is 8.00. The zero-order valence-corrected chi connectivity index (χ0v) is 12.9. The van der Waals surface area contributed by atoms with Crippen molar-refractivity contribution in [3.8, 4) is 0 Å². The highest BCUT2D eigenvalue weighted by Crippen LogP contribution is 2.32. The van der Waals surface area contributed by atoms with Gasteiger partial charge in [-0.3, -0.25) is 4.90 Å². The summed E-state index contributed by atoms with van der Waals surface area (Å²) >= 11 is 2.12. The molecule has 0 amide bonds. The summed E-state index contributed by atoms with van der Waals surface area (Å²) in [7, 11) is 2.06. The van der Waals surface area contributed by atoms with Gasteiger partial charge in [-0.25, -0.2) is 0 Å². The van der Waals surface area contributed by atoms with E-state index in [9.17, 15) is 0 Å². The fourth-order valence-corrected chi connectivity index (χ4v) is 4.42. The van der Waals surface area contributed by atoms with Crippen LogP contribution >= 0.6 is 11.8 Å². The van der Waals surface area contributed by atoms with Crippen molar-refractivity contribution in [3.05, 3.63) is 0 Å². The SMILES string of the molecule is CNCC1(CN2CCSC(C)C2C)CCCOC1. The van der Waals surface area contributed by atoms with E-state index in [0.29, 0.717) is 11.5 Å². The van der Waals surface area contributed by atoms with Crippen LogP contribution in [0.4, 0.5) is 0 Å². The summed E-state index contributed by atoms with van der Waals surface area (Å²) in [5, 5.41) is 4.14. The van der Waals surface area contributed by atoms with Crippen LogP contribution in [0.5, 0.6) is 0 Å². The number of hydrogen-bond donors (Lipinski definition) is 1. The topological polar surface area (TPSA) is 24.5 Å². The summed E-state index contributed by atoms with van der Waals surface area (Å²) in [5.41, 5.74) is 0.336. The van der Waals surface area contributed by atoms with Crippen LogP contribution in [0.2, 0.25) is 0 Å². The summed E-state index contributed by atoms with van der Waals surface area (Å²) in [6.07, 6.45) is 2.52. The Kier molecular flexibility index (Phi) is 5.36. The molecule has 2 aliphatic rings. The third kappa shape index (κ3) is 3.41. The molecule has 106 valence electrons. The summed E-state index contributed by atoms with van der Waals surface area (Å²) in [6, 6.07) is 0.694. The van der Waals surface area contributed by atoms with Gasteiger partial charge in [0.05, 0.1) is 6.61 Å². The van der Waals surface area contributed by atoms with E-state index in [1.54, 1.807) is 0 Å². The fraction of sp³-hybridized carbons (Fsp3) is 1.00. The summed E-state index contributed by atoms with van der Waals surface area (Å²) in [5.74, 6) is 1.28. The molecule has 0 aromatic heterocycles. The average molecular weight is 272 g/mol. The second-order valence-electron chi connectivity index (χ2n) is 5.97. The van der Waals surface area contributed by atoms with Gasteiger partial charge in [-0.1, -0.05) is 6.92 Å². The lowest BCUT2D eigenvalue weighted by molar-refractivity contribution is -0.0305. The van der Waals surface area contributed by atoms with Crippen molar-refractivity contribution in [1.82, 2.24) is 10.2 Å². The molecule has 2 aliphatic heterocycles. The first-order valence-corrected chi connectivity index (χ1v) is 8.30. The van der Waals surface area contributed by atoms with E-state index in [2.05, 4.69) is 42.9 Å². The van der Waals surface area contributed by atoms with E-state index in [4.69, 9.17) is 4.74 Å². The molecule has 3 nitrogen and oxygen atoms in total. The van der Waals surface area contributed by atoms with Crippen LogP contribution in [0.1, 0.15) is 26.7 Å². The van der Waals surface area contributed by atoms with Gasteiger partial charge in [-0.05, 0) is 26.8 Å². The minimum Gasteiger partial charge on any atom is -0.381 e. The van der Waals surface area contributed by atoms with E-state index in [0.717, 1.165) is 25.0 Å². The van der Waals surface area contributed by atoms with Crippen LogP contribution in [-0.4, -0.2) is 61.8 Å². The van der Waals surface area contributed by atoms with Crippen LogP contribution in [0.25, 0.3) is 0 Å². The molecule has 18 heavy (non-hydrogen) atoms. The lowest BCUT2D eigenvalue weighted by Gasteiger charge is -2.45. The molecular weight excluding hydrogens is 244 g/mol.